The fourth-order valence-corrected chi connectivity index (χ4v) is 1.82. The molecule has 4 nitrogen and oxygen atoms in total. The number of rotatable bonds is 2. The molecule has 0 bridgehead atoms. The largest absolute Gasteiger partial charge is 0.226 e. The molecular weight excluding hydrogens is 267 g/mol. The summed E-state index contributed by atoms with van der Waals surface area (Å²) in [7, 11) is 0. The highest BCUT2D eigenvalue weighted by Crippen LogP contribution is 2.18. The van der Waals surface area contributed by atoms with Gasteiger partial charge in [0.1, 0.15) is 5.82 Å². The van der Waals surface area contributed by atoms with E-state index >= 15 is 0 Å². The molecule has 3 aromatic rings. The highest BCUT2D eigenvalue weighted by Gasteiger charge is 2.05. The van der Waals surface area contributed by atoms with Crippen LogP contribution in [0.1, 0.15) is 0 Å². The van der Waals surface area contributed by atoms with E-state index in [-0.39, 0.29) is 11.1 Å². The normalized spacial score (nSPS) is 10.6. The molecule has 0 atom stereocenters. The molecule has 0 spiro atoms. The van der Waals surface area contributed by atoms with Crippen LogP contribution in [0.15, 0.2) is 48.8 Å². The van der Waals surface area contributed by atoms with Gasteiger partial charge in [-0.25, -0.2) is 14.1 Å². The summed E-state index contributed by atoms with van der Waals surface area (Å²) in [4.78, 5) is 7.87. The summed E-state index contributed by atoms with van der Waals surface area (Å²) < 4.78 is 14.4. The summed E-state index contributed by atoms with van der Waals surface area (Å²) in [6.07, 6.45) is 3.32. The standard InChI is InChI=1S/C13H8ClFN4/c14-13-16-7-5-12(17-13)19-8-6-11(18-19)9-1-3-10(15)4-2-9/h1-8H. The van der Waals surface area contributed by atoms with Crippen molar-refractivity contribution in [2.45, 2.75) is 0 Å². The summed E-state index contributed by atoms with van der Waals surface area (Å²) >= 11 is 5.73. The number of hydrogen-bond donors (Lipinski definition) is 0. The Morgan fingerprint density at radius 1 is 1.05 bits per heavy atom. The van der Waals surface area contributed by atoms with Crippen LogP contribution in [0.25, 0.3) is 17.1 Å². The number of halogens is 2. The Balaban J connectivity index is 1.97. The first kappa shape index (κ1) is 11.8. The average molecular weight is 275 g/mol. The van der Waals surface area contributed by atoms with Crippen molar-refractivity contribution in [3.05, 3.63) is 59.9 Å². The van der Waals surface area contributed by atoms with Gasteiger partial charge in [-0.05, 0) is 41.9 Å². The topological polar surface area (TPSA) is 43.6 Å². The van der Waals surface area contributed by atoms with Crippen LogP contribution in [0.3, 0.4) is 0 Å². The molecule has 0 aliphatic heterocycles. The molecule has 94 valence electrons. The van der Waals surface area contributed by atoms with E-state index in [2.05, 4.69) is 15.1 Å². The average Bonchev–Trinajstić information content (AvgIpc) is 2.89. The first-order valence-corrected chi connectivity index (χ1v) is 5.91. The first-order valence-electron chi connectivity index (χ1n) is 5.53. The van der Waals surface area contributed by atoms with Gasteiger partial charge in [-0.15, -0.1) is 0 Å². The molecule has 0 radical (unpaired) electrons. The monoisotopic (exact) mass is 274 g/mol. The molecule has 6 heteroatoms. The Morgan fingerprint density at radius 2 is 1.84 bits per heavy atom. The Morgan fingerprint density at radius 3 is 2.58 bits per heavy atom. The van der Waals surface area contributed by atoms with Crippen LogP contribution in [0.4, 0.5) is 4.39 Å². The Hall–Kier alpha value is -2.27. The second kappa shape index (κ2) is 4.78. The quantitative estimate of drug-likeness (QED) is 0.675. The molecule has 0 aliphatic rings. The molecule has 3 rings (SSSR count). The minimum Gasteiger partial charge on any atom is -0.226 e. The number of benzene rings is 1. The zero-order chi connectivity index (χ0) is 13.2. The van der Waals surface area contributed by atoms with Crippen LogP contribution in [-0.4, -0.2) is 19.7 Å². The fraction of sp³-hybridized carbons (Fsp3) is 0. The van der Waals surface area contributed by atoms with Crippen molar-refractivity contribution in [1.29, 1.82) is 0 Å². The van der Waals surface area contributed by atoms with Crippen molar-refractivity contribution in [2.24, 2.45) is 0 Å². The molecule has 2 aromatic heterocycles. The molecule has 0 saturated heterocycles. The van der Waals surface area contributed by atoms with E-state index in [4.69, 9.17) is 11.6 Å². The highest BCUT2D eigenvalue weighted by atomic mass is 35.5. The van der Waals surface area contributed by atoms with E-state index in [9.17, 15) is 4.39 Å². The Kier molecular flexibility index (Phi) is 2.97. The number of nitrogens with zero attached hydrogens (tertiary/aromatic N) is 4. The molecule has 0 N–H and O–H groups in total. The fourth-order valence-electron chi connectivity index (χ4n) is 1.68. The lowest BCUT2D eigenvalue weighted by Gasteiger charge is -2.00. The molecule has 0 unspecified atom stereocenters. The van der Waals surface area contributed by atoms with Gasteiger partial charge in [-0.3, -0.25) is 0 Å². The lowest BCUT2D eigenvalue weighted by molar-refractivity contribution is 0.628. The van der Waals surface area contributed by atoms with Gasteiger partial charge in [-0.1, -0.05) is 0 Å². The van der Waals surface area contributed by atoms with Crippen LogP contribution in [0.2, 0.25) is 5.28 Å². The molecule has 0 amide bonds. The lowest BCUT2D eigenvalue weighted by Crippen LogP contribution is -1.99. The first-order chi connectivity index (χ1) is 9.22. The smallest absolute Gasteiger partial charge is 0.224 e. The van der Waals surface area contributed by atoms with Gasteiger partial charge in [-0.2, -0.15) is 10.1 Å². The number of hydrogen-bond acceptors (Lipinski definition) is 3. The van der Waals surface area contributed by atoms with Crippen molar-refractivity contribution in [2.75, 3.05) is 0 Å². The van der Waals surface area contributed by atoms with Crippen molar-refractivity contribution in [3.8, 4) is 17.1 Å². The molecule has 1 aromatic carbocycles. The van der Waals surface area contributed by atoms with Gasteiger partial charge in [0.05, 0.1) is 5.69 Å². The van der Waals surface area contributed by atoms with Crippen LogP contribution in [0.5, 0.6) is 0 Å². The third-order valence-corrected chi connectivity index (χ3v) is 2.76. The van der Waals surface area contributed by atoms with Gasteiger partial charge in [0.25, 0.3) is 0 Å². The van der Waals surface area contributed by atoms with Gasteiger partial charge in [0.15, 0.2) is 5.82 Å². The molecule has 2 heterocycles. The van der Waals surface area contributed by atoms with E-state index < -0.39 is 0 Å². The van der Waals surface area contributed by atoms with E-state index in [0.29, 0.717) is 5.82 Å². The lowest BCUT2D eigenvalue weighted by atomic mass is 10.1. The predicted molar refractivity (Wildman–Crippen MR) is 69.6 cm³/mol. The van der Waals surface area contributed by atoms with Gasteiger partial charge in [0, 0.05) is 24.0 Å². The van der Waals surface area contributed by atoms with E-state index in [1.165, 1.54) is 12.1 Å². The zero-order valence-corrected chi connectivity index (χ0v) is 10.4. The van der Waals surface area contributed by atoms with Crippen molar-refractivity contribution < 1.29 is 4.39 Å². The summed E-state index contributed by atoms with van der Waals surface area (Å²) in [5.74, 6) is 0.305. The van der Waals surface area contributed by atoms with E-state index in [1.54, 1.807) is 35.3 Å². The van der Waals surface area contributed by atoms with Crippen molar-refractivity contribution in [3.63, 3.8) is 0 Å². The maximum atomic E-state index is 12.9. The third-order valence-electron chi connectivity index (χ3n) is 2.58. The molecule has 0 fully saturated rings. The van der Waals surface area contributed by atoms with E-state index in [0.717, 1.165) is 11.3 Å². The summed E-state index contributed by atoms with van der Waals surface area (Å²) in [5, 5.41) is 4.53. The minimum atomic E-state index is -0.272. The molecule has 0 aliphatic carbocycles. The SMILES string of the molecule is Fc1ccc(-c2ccn(-c3ccnc(Cl)n3)n2)cc1. The maximum absolute atomic E-state index is 12.9. The van der Waals surface area contributed by atoms with Gasteiger partial charge < -0.3 is 0 Å². The Bertz CT molecular complexity index is 709. The second-order valence-corrected chi connectivity index (χ2v) is 4.17. The molecular formula is C13H8ClFN4. The molecule has 19 heavy (non-hydrogen) atoms. The van der Waals surface area contributed by atoms with Gasteiger partial charge in [0.2, 0.25) is 5.28 Å². The summed E-state index contributed by atoms with van der Waals surface area (Å²) in [6, 6.07) is 9.67. The van der Waals surface area contributed by atoms with E-state index in [1.807, 2.05) is 6.07 Å². The minimum absolute atomic E-state index is 0.163. The summed E-state index contributed by atoms with van der Waals surface area (Å²) in [5.41, 5.74) is 1.56. The van der Waals surface area contributed by atoms with Gasteiger partial charge >= 0.3 is 0 Å². The van der Waals surface area contributed by atoms with Crippen LogP contribution in [0, 0.1) is 5.82 Å². The van der Waals surface area contributed by atoms with Crippen molar-refractivity contribution >= 4 is 11.6 Å². The van der Waals surface area contributed by atoms with Crippen LogP contribution < -0.4 is 0 Å². The zero-order valence-electron chi connectivity index (χ0n) is 9.66. The van der Waals surface area contributed by atoms with Crippen LogP contribution >= 0.6 is 11.6 Å². The third kappa shape index (κ3) is 2.46. The second-order valence-electron chi connectivity index (χ2n) is 3.84. The summed E-state index contributed by atoms with van der Waals surface area (Å²) in [6.45, 7) is 0. The maximum Gasteiger partial charge on any atom is 0.224 e. The van der Waals surface area contributed by atoms with Crippen LogP contribution in [-0.2, 0) is 0 Å². The number of aromatic nitrogens is 4. The molecule has 0 saturated carbocycles. The highest BCUT2D eigenvalue weighted by molar-refractivity contribution is 6.28. The predicted octanol–water partition coefficient (Wildman–Crippen LogP) is 3.12. The van der Waals surface area contributed by atoms with Crippen molar-refractivity contribution in [1.82, 2.24) is 19.7 Å². The Labute approximate surface area is 113 Å².